The largest absolute Gasteiger partial charge is 0.497 e. The van der Waals surface area contributed by atoms with Crippen LogP contribution in [0.25, 0.3) is 33.9 Å². The summed E-state index contributed by atoms with van der Waals surface area (Å²) in [6.45, 7) is 1.57. The molecule has 1 aliphatic rings. The van der Waals surface area contributed by atoms with E-state index in [0.717, 1.165) is 61.0 Å². The first-order valence-electron chi connectivity index (χ1n) is 20.4. The molecule has 4 aromatic carbocycles. The third-order valence-corrected chi connectivity index (χ3v) is 12.1. The van der Waals surface area contributed by atoms with Crippen LogP contribution in [0.1, 0.15) is 62.9 Å². The van der Waals surface area contributed by atoms with Crippen LogP contribution in [0.2, 0.25) is 10.0 Å². The Bertz CT molecular complexity index is 2410. The molecule has 2 amide bonds. The number of aromatic nitrogens is 4. The summed E-state index contributed by atoms with van der Waals surface area (Å²) in [6, 6.07) is 32.0. The molecule has 3 unspecified atom stereocenters. The molecule has 0 spiro atoms. The predicted molar refractivity (Wildman–Crippen MR) is 235 cm³/mol. The molecule has 1 fully saturated rings. The Morgan fingerprint density at radius 3 is 1.66 bits per heavy atom. The maximum Gasteiger partial charge on any atom is 0.251 e. The molecule has 0 bridgehead atoms. The van der Waals surface area contributed by atoms with Gasteiger partial charge in [0.1, 0.15) is 17.5 Å². The van der Waals surface area contributed by atoms with Gasteiger partial charge in [0.2, 0.25) is 5.91 Å². The summed E-state index contributed by atoms with van der Waals surface area (Å²) < 4.78 is 14.3. The van der Waals surface area contributed by atoms with Crippen LogP contribution in [0.5, 0.6) is 11.5 Å². The van der Waals surface area contributed by atoms with Crippen LogP contribution in [0, 0.1) is 17.8 Å². The van der Waals surface area contributed by atoms with Crippen LogP contribution in [0.3, 0.4) is 0 Å². The summed E-state index contributed by atoms with van der Waals surface area (Å²) in [5.41, 5.74) is 5.42. The minimum absolute atomic E-state index is 0.0802. The maximum absolute atomic E-state index is 15.2. The molecule has 1 saturated carbocycles. The van der Waals surface area contributed by atoms with Gasteiger partial charge in [-0.05, 0) is 104 Å². The van der Waals surface area contributed by atoms with Crippen LogP contribution in [0.15, 0.2) is 109 Å². The van der Waals surface area contributed by atoms with Crippen LogP contribution < -0.4 is 9.47 Å². The highest BCUT2D eigenvalue weighted by Crippen LogP contribution is 2.38. The average molecular weight is 866 g/mol. The van der Waals surface area contributed by atoms with E-state index < -0.39 is 29.7 Å². The van der Waals surface area contributed by atoms with Crippen LogP contribution in [-0.4, -0.2) is 73.2 Å². The first-order valence-corrected chi connectivity index (χ1v) is 21.2. The Balaban J connectivity index is 1.32. The monoisotopic (exact) mass is 864 g/mol. The van der Waals surface area contributed by atoms with Gasteiger partial charge >= 0.3 is 0 Å². The highest BCUT2D eigenvalue weighted by atomic mass is 35.5. The van der Waals surface area contributed by atoms with E-state index in [1.807, 2.05) is 83.5 Å². The molecule has 6 aromatic rings. The van der Waals surface area contributed by atoms with Gasteiger partial charge in [0.25, 0.3) is 5.91 Å². The van der Waals surface area contributed by atoms with Gasteiger partial charge < -0.3 is 9.47 Å². The minimum atomic E-state index is -1.30. The van der Waals surface area contributed by atoms with Crippen molar-refractivity contribution in [2.75, 3.05) is 21.3 Å². The van der Waals surface area contributed by atoms with E-state index in [0.29, 0.717) is 48.7 Å². The number of hydroxylamine groups is 4. The summed E-state index contributed by atoms with van der Waals surface area (Å²) in [5, 5.41) is 35.2. The van der Waals surface area contributed by atoms with Crippen molar-refractivity contribution in [3.05, 3.63) is 131 Å². The quantitative estimate of drug-likeness (QED) is 0.0628. The van der Waals surface area contributed by atoms with Crippen molar-refractivity contribution in [1.29, 1.82) is 0 Å². The fourth-order valence-corrected chi connectivity index (χ4v) is 8.54. The van der Waals surface area contributed by atoms with Crippen LogP contribution in [0.4, 0.5) is 0 Å². The van der Waals surface area contributed by atoms with Crippen molar-refractivity contribution in [1.82, 2.24) is 29.7 Å². The molecule has 0 saturated heterocycles. The van der Waals surface area contributed by atoms with E-state index >= 15 is 4.79 Å². The van der Waals surface area contributed by atoms with Gasteiger partial charge in [0, 0.05) is 40.6 Å². The zero-order valence-electron chi connectivity index (χ0n) is 34.6. The molecule has 3 atom stereocenters. The summed E-state index contributed by atoms with van der Waals surface area (Å²) in [6.07, 6.45) is 5.80. The predicted octanol–water partition coefficient (Wildman–Crippen LogP) is 10.3. The SMILES string of the molecule is COc1ccc(-n2nc(CC(C(=O)N(O)C(c3cc(-c4ccc(Cl)cc4)n(-c4ccc(OC)cc4)n3)C(C)C(=O)N(C)O)C3CCCCCC3)cc2-c2ccc(Cl)cc2)cc1. The van der Waals surface area contributed by atoms with E-state index in [2.05, 4.69) is 0 Å². The average Bonchev–Trinajstić information content (AvgIpc) is 3.81. The first-order chi connectivity index (χ1) is 29.4. The van der Waals surface area contributed by atoms with E-state index in [4.69, 9.17) is 42.9 Å². The fourth-order valence-electron chi connectivity index (χ4n) is 8.29. The molecule has 2 aromatic heterocycles. The second-order valence-electron chi connectivity index (χ2n) is 15.5. The number of amides is 2. The molecule has 0 aliphatic heterocycles. The summed E-state index contributed by atoms with van der Waals surface area (Å²) in [4.78, 5) is 28.9. The Kier molecular flexibility index (Phi) is 13.8. The maximum atomic E-state index is 15.2. The molecule has 1 aliphatic carbocycles. The number of ether oxygens (including phenoxy) is 2. The number of hydrogen-bond acceptors (Lipinski definition) is 8. The van der Waals surface area contributed by atoms with Crippen LogP contribution >= 0.6 is 23.2 Å². The van der Waals surface area contributed by atoms with Crippen molar-refractivity contribution in [3.8, 4) is 45.4 Å². The third kappa shape index (κ3) is 9.79. The number of carbonyl (C=O) groups is 2. The van der Waals surface area contributed by atoms with Gasteiger partial charge in [0.05, 0.1) is 54.3 Å². The smallest absolute Gasteiger partial charge is 0.251 e. The molecule has 2 heterocycles. The lowest BCUT2D eigenvalue weighted by atomic mass is 9.81. The lowest BCUT2D eigenvalue weighted by Crippen LogP contribution is -2.45. The standard InChI is InChI=1S/C47H50Cl2N6O6/c1-30(46(56)52(2)58)45(42-29-44(33-13-17-35(49)18-14-33)54(51-42)38-21-25-40(61-4)26-22-38)55(59)47(57)41(31-9-7-5-6-8-10-31)27-36-28-43(32-11-15-34(48)16-12-32)53(50-36)37-19-23-39(60-3)24-20-37/h11-26,28-31,41,45,58-59H,5-10,27H2,1-4H3. The number of benzene rings is 4. The van der Waals surface area contributed by atoms with E-state index in [1.54, 1.807) is 56.2 Å². The van der Waals surface area contributed by atoms with Crippen molar-refractivity contribution < 1.29 is 29.5 Å². The van der Waals surface area contributed by atoms with Gasteiger partial charge in [0.15, 0.2) is 0 Å². The third-order valence-electron chi connectivity index (χ3n) is 11.6. The molecular formula is C47H50Cl2N6O6. The van der Waals surface area contributed by atoms with Crippen molar-refractivity contribution in [2.45, 2.75) is 57.9 Å². The van der Waals surface area contributed by atoms with Gasteiger partial charge in [-0.25, -0.2) is 19.5 Å². The lowest BCUT2D eigenvalue weighted by molar-refractivity contribution is -0.195. The number of nitrogens with zero attached hydrogens (tertiary/aromatic N) is 6. The Hall–Kier alpha value is -5.66. The second kappa shape index (κ2) is 19.4. The summed E-state index contributed by atoms with van der Waals surface area (Å²) in [5.74, 6) is -1.83. The van der Waals surface area contributed by atoms with Gasteiger partial charge in [-0.15, -0.1) is 0 Å². The molecule has 14 heteroatoms. The summed E-state index contributed by atoms with van der Waals surface area (Å²) >= 11 is 12.6. The molecule has 12 nitrogen and oxygen atoms in total. The van der Waals surface area contributed by atoms with Crippen molar-refractivity contribution >= 4 is 35.0 Å². The van der Waals surface area contributed by atoms with E-state index in [1.165, 1.54) is 7.05 Å². The van der Waals surface area contributed by atoms with Crippen molar-refractivity contribution in [2.24, 2.45) is 17.8 Å². The molecular weight excluding hydrogens is 815 g/mol. The Labute approximate surface area is 365 Å². The van der Waals surface area contributed by atoms with E-state index in [-0.39, 0.29) is 18.0 Å². The van der Waals surface area contributed by atoms with Gasteiger partial charge in [-0.3, -0.25) is 20.0 Å². The molecule has 318 valence electrons. The normalized spacial score (nSPS) is 14.8. The topological polar surface area (TPSA) is 135 Å². The lowest BCUT2D eigenvalue weighted by Gasteiger charge is -2.34. The second-order valence-corrected chi connectivity index (χ2v) is 16.4. The molecule has 2 N–H and O–H groups in total. The highest BCUT2D eigenvalue weighted by molar-refractivity contribution is 6.30. The van der Waals surface area contributed by atoms with Gasteiger partial charge in [-0.2, -0.15) is 10.2 Å². The molecule has 7 rings (SSSR count). The highest BCUT2D eigenvalue weighted by Gasteiger charge is 2.41. The van der Waals surface area contributed by atoms with Crippen LogP contribution in [-0.2, 0) is 16.0 Å². The Morgan fingerprint density at radius 2 is 1.18 bits per heavy atom. The van der Waals surface area contributed by atoms with Gasteiger partial charge in [-0.1, -0.05) is 80.1 Å². The number of methoxy groups -OCH3 is 2. The number of halogens is 2. The Morgan fingerprint density at radius 1 is 0.705 bits per heavy atom. The van der Waals surface area contributed by atoms with E-state index in [9.17, 15) is 15.2 Å². The van der Waals surface area contributed by atoms with Crippen molar-refractivity contribution in [3.63, 3.8) is 0 Å². The number of carbonyl (C=O) groups excluding carboxylic acids is 2. The zero-order chi connectivity index (χ0) is 43.2. The molecule has 0 radical (unpaired) electrons. The minimum Gasteiger partial charge on any atom is -0.497 e. The fraction of sp³-hybridized carbons (Fsp3) is 0.319. The zero-order valence-corrected chi connectivity index (χ0v) is 36.1. The number of hydrogen-bond donors (Lipinski definition) is 2. The number of rotatable bonds is 14. The molecule has 61 heavy (non-hydrogen) atoms. The first kappa shape index (κ1) is 43.4. The summed E-state index contributed by atoms with van der Waals surface area (Å²) in [7, 11) is 4.42.